The molecule has 1 aliphatic carbocycles. The van der Waals surface area contributed by atoms with Crippen LogP contribution in [0.1, 0.15) is 32.1 Å². The second kappa shape index (κ2) is 4.14. The van der Waals surface area contributed by atoms with Crippen LogP contribution in [0.4, 0.5) is 0 Å². The van der Waals surface area contributed by atoms with Crippen LogP contribution in [-0.2, 0) is 12.8 Å². The van der Waals surface area contributed by atoms with Crippen LogP contribution in [0.3, 0.4) is 0 Å². The number of carbonyl (C=O) groups is 1. The molecule has 1 aromatic carbocycles. The van der Waals surface area contributed by atoms with Gasteiger partial charge in [-0.05, 0) is 50.0 Å². The second-order valence-corrected chi connectivity index (χ2v) is 4.79. The van der Waals surface area contributed by atoms with Gasteiger partial charge in [0.05, 0.1) is 0 Å². The summed E-state index contributed by atoms with van der Waals surface area (Å²) in [7, 11) is 0. The normalized spacial score (nSPS) is 22.0. The minimum absolute atomic E-state index is 0.0822. The van der Waals surface area contributed by atoms with Crippen LogP contribution < -0.4 is 11.1 Å². The monoisotopic (exact) mass is 246 g/mol. The van der Waals surface area contributed by atoms with Crippen LogP contribution in [0.25, 0.3) is 10.9 Å². The first-order chi connectivity index (χ1) is 9.83. The lowest BCUT2D eigenvalue weighted by molar-refractivity contribution is 0.100. The van der Waals surface area contributed by atoms with E-state index in [9.17, 15) is 4.79 Å². The van der Waals surface area contributed by atoms with Crippen molar-refractivity contribution >= 4 is 16.8 Å². The summed E-state index contributed by atoms with van der Waals surface area (Å²) in [6, 6.07) is 5.25. The first kappa shape index (κ1) is 8.32. The summed E-state index contributed by atoms with van der Waals surface area (Å²) in [6.45, 7) is -2.13. The minimum Gasteiger partial charge on any atom is -0.366 e. The highest BCUT2D eigenvalue weighted by atomic mass is 16.1. The fourth-order valence-corrected chi connectivity index (χ4v) is 2.69. The van der Waals surface area contributed by atoms with Crippen molar-refractivity contribution in [2.45, 2.75) is 25.3 Å². The molecule has 1 aliphatic rings. The Balaban J connectivity index is 1.97. The van der Waals surface area contributed by atoms with Gasteiger partial charge in [-0.25, -0.2) is 0 Å². The van der Waals surface area contributed by atoms with E-state index in [2.05, 4.69) is 10.3 Å². The number of nitrogens with one attached hydrogen (secondary N) is 2. The van der Waals surface area contributed by atoms with Gasteiger partial charge in [-0.3, -0.25) is 4.79 Å². The number of fused-ring (bicyclic) bond motifs is 3. The number of benzene rings is 1. The van der Waals surface area contributed by atoms with Crippen molar-refractivity contribution in [1.82, 2.24) is 10.3 Å². The van der Waals surface area contributed by atoms with Gasteiger partial charge in [0.1, 0.15) is 0 Å². The molecule has 18 heavy (non-hydrogen) atoms. The van der Waals surface area contributed by atoms with E-state index in [-0.39, 0.29) is 6.04 Å². The first-order valence-electron chi connectivity index (χ1n) is 7.54. The summed E-state index contributed by atoms with van der Waals surface area (Å²) in [6.07, 6.45) is 2.21. The fraction of sp³-hybridized carbons (Fsp3) is 0.357. The number of hydrogen-bond acceptors (Lipinski definition) is 2. The van der Waals surface area contributed by atoms with Crippen molar-refractivity contribution in [2.75, 3.05) is 6.98 Å². The topological polar surface area (TPSA) is 70.9 Å². The smallest absolute Gasteiger partial charge is 0.248 e. The Morgan fingerprint density at radius 2 is 2.50 bits per heavy atom. The molecule has 0 unspecified atom stereocenters. The summed E-state index contributed by atoms with van der Waals surface area (Å²) in [4.78, 5) is 14.7. The third kappa shape index (κ3) is 1.69. The summed E-state index contributed by atoms with van der Waals surface area (Å²) < 4.78 is 22.0. The van der Waals surface area contributed by atoms with Crippen LogP contribution in [0.5, 0.6) is 0 Å². The molecule has 0 saturated carbocycles. The van der Waals surface area contributed by atoms with E-state index >= 15 is 0 Å². The molecular formula is C14H17N3O. The van der Waals surface area contributed by atoms with Crippen LogP contribution in [0, 0.1) is 0 Å². The molecule has 4 N–H and O–H groups in total. The molecule has 94 valence electrons. The number of likely N-dealkylation sites (N-methyl/N-ethyl adjacent to an activating group) is 1. The van der Waals surface area contributed by atoms with Gasteiger partial charge < -0.3 is 16.0 Å². The molecule has 4 nitrogen and oxygen atoms in total. The highest BCUT2D eigenvalue weighted by molar-refractivity contribution is 5.98. The zero-order valence-corrected chi connectivity index (χ0v) is 9.92. The number of nitrogens with two attached hydrogens (primary N) is 1. The van der Waals surface area contributed by atoms with E-state index in [4.69, 9.17) is 9.85 Å². The fourth-order valence-electron chi connectivity index (χ4n) is 2.69. The lowest BCUT2D eigenvalue weighted by Gasteiger charge is -2.21. The van der Waals surface area contributed by atoms with E-state index in [0.29, 0.717) is 12.0 Å². The number of amides is 1. The first-order valence-corrected chi connectivity index (χ1v) is 6.04. The molecule has 0 fully saturated rings. The molecule has 2 aromatic rings. The molecule has 0 bridgehead atoms. The highest BCUT2D eigenvalue weighted by Crippen LogP contribution is 2.29. The average Bonchev–Trinajstić information content (AvgIpc) is 2.74. The third-order valence-electron chi connectivity index (χ3n) is 3.68. The van der Waals surface area contributed by atoms with Gasteiger partial charge in [0.25, 0.3) is 0 Å². The Morgan fingerprint density at radius 3 is 3.28 bits per heavy atom. The Hall–Kier alpha value is -1.81. The summed E-state index contributed by atoms with van der Waals surface area (Å²) in [5, 5.41) is 3.64. The number of rotatable bonds is 2. The number of hydrogen-bond donors (Lipinski definition) is 3. The Bertz CT molecular complexity index is 705. The molecule has 1 aromatic heterocycles. The molecule has 0 aliphatic heterocycles. The van der Waals surface area contributed by atoms with Crippen LogP contribution in [0.15, 0.2) is 18.2 Å². The van der Waals surface area contributed by atoms with Gasteiger partial charge in [0, 0.05) is 32.3 Å². The standard InChI is InChI=1S/C14H17N3O/c1-16-9-3-5-13-11(7-9)10-6-8(14(15)18)2-4-12(10)17-13/h2,4,6,9,16-17H,3,5,7H2,1H3,(H2,15,18)/t9-/m1/s1/i1D3. The Labute approximate surface area is 110 Å². The molecule has 0 radical (unpaired) electrons. The highest BCUT2D eigenvalue weighted by Gasteiger charge is 2.21. The van der Waals surface area contributed by atoms with Crippen molar-refractivity contribution in [3.8, 4) is 0 Å². The van der Waals surface area contributed by atoms with E-state index in [0.717, 1.165) is 35.0 Å². The van der Waals surface area contributed by atoms with Gasteiger partial charge in [0.15, 0.2) is 0 Å². The van der Waals surface area contributed by atoms with Gasteiger partial charge in [0.2, 0.25) is 5.91 Å². The van der Waals surface area contributed by atoms with E-state index in [1.165, 1.54) is 0 Å². The van der Waals surface area contributed by atoms with Gasteiger partial charge in [-0.2, -0.15) is 0 Å². The van der Waals surface area contributed by atoms with Crippen molar-refractivity contribution in [2.24, 2.45) is 5.73 Å². The van der Waals surface area contributed by atoms with Crippen LogP contribution in [-0.4, -0.2) is 23.9 Å². The molecule has 3 rings (SSSR count). The zero-order chi connectivity index (χ0) is 15.2. The summed E-state index contributed by atoms with van der Waals surface area (Å²) in [5.41, 5.74) is 8.95. The maximum atomic E-state index is 11.3. The predicted molar refractivity (Wildman–Crippen MR) is 71.7 cm³/mol. The quantitative estimate of drug-likeness (QED) is 0.748. The van der Waals surface area contributed by atoms with E-state index < -0.39 is 12.9 Å². The number of H-pyrrole nitrogens is 1. The number of aromatic amines is 1. The van der Waals surface area contributed by atoms with Crippen molar-refractivity contribution in [3.05, 3.63) is 35.0 Å². The minimum atomic E-state index is -2.13. The molecule has 0 spiro atoms. The number of aromatic nitrogens is 1. The van der Waals surface area contributed by atoms with Gasteiger partial charge >= 0.3 is 0 Å². The number of aryl methyl sites for hydroxylation is 1. The lowest BCUT2D eigenvalue weighted by atomic mass is 9.91. The van der Waals surface area contributed by atoms with Gasteiger partial charge in [-0.1, -0.05) is 0 Å². The molecule has 4 heteroatoms. The van der Waals surface area contributed by atoms with Crippen molar-refractivity contribution in [3.63, 3.8) is 0 Å². The lowest BCUT2D eigenvalue weighted by Crippen LogP contribution is -2.31. The summed E-state index contributed by atoms with van der Waals surface area (Å²) in [5.74, 6) is -0.458. The average molecular weight is 246 g/mol. The number of primary amides is 1. The largest absolute Gasteiger partial charge is 0.366 e. The molecule has 0 saturated heterocycles. The van der Waals surface area contributed by atoms with Crippen LogP contribution >= 0.6 is 0 Å². The predicted octanol–water partition coefficient (Wildman–Crippen LogP) is 1.34. The van der Waals surface area contributed by atoms with Crippen molar-refractivity contribution in [1.29, 1.82) is 0 Å². The van der Waals surface area contributed by atoms with Crippen LogP contribution in [0.2, 0.25) is 0 Å². The van der Waals surface area contributed by atoms with Crippen molar-refractivity contribution < 1.29 is 8.91 Å². The Morgan fingerprint density at radius 1 is 1.61 bits per heavy atom. The zero-order valence-electron chi connectivity index (χ0n) is 12.9. The van der Waals surface area contributed by atoms with E-state index in [1.807, 2.05) is 6.07 Å². The maximum Gasteiger partial charge on any atom is 0.248 e. The Kier molecular flexibility index (Phi) is 1.91. The molecule has 1 atom stereocenters. The van der Waals surface area contributed by atoms with Gasteiger partial charge in [-0.15, -0.1) is 0 Å². The number of carbonyl (C=O) groups excluding carboxylic acids is 1. The van der Waals surface area contributed by atoms with E-state index in [1.54, 1.807) is 12.1 Å². The SMILES string of the molecule is [2H]C([2H])([2H])N[C@@H]1CCc2[nH]c3ccc(C(N)=O)cc3c2C1. The third-order valence-corrected chi connectivity index (χ3v) is 3.68. The second-order valence-electron chi connectivity index (χ2n) is 4.79. The molecular weight excluding hydrogens is 226 g/mol. The summed E-state index contributed by atoms with van der Waals surface area (Å²) >= 11 is 0. The molecule has 1 amide bonds. The maximum absolute atomic E-state index is 11.3. The molecule has 1 heterocycles.